The summed E-state index contributed by atoms with van der Waals surface area (Å²) in [5.41, 5.74) is 3.93. The quantitative estimate of drug-likeness (QED) is 0.837. The molecule has 1 amide bonds. The lowest BCUT2D eigenvalue weighted by atomic mass is 9.95. The molecule has 21 heavy (non-hydrogen) atoms. The predicted octanol–water partition coefficient (Wildman–Crippen LogP) is 1.83. The highest BCUT2D eigenvalue weighted by Gasteiger charge is 2.33. The zero-order valence-corrected chi connectivity index (χ0v) is 11.7. The highest BCUT2D eigenvalue weighted by atomic mass is 16.2. The number of piperazine rings is 1. The summed E-state index contributed by atoms with van der Waals surface area (Å²) >= 11 is 0. The van der Waals surface area contributed by atoms with Gasteiger partial charge in [0.15, 0.2) is 0 Å². The number of nitrogens with zero attached hydrogens (tertiary/aromatic N) is 1. The molecule has 0 bridgehead atoms. The summed E-state index contributed by atoms with van der Waals surface area (Å²) in [6.45, 7) is 2.65. The number of carbonyl (C=O) groups excluding carboxylic acids is 1. The number of fused-ring (bicyclic) bond motifs is 3. The van der Waals surface area contributed by atoms with E-state index in [0.29, 0.717) is 0 Å². The fourth-order valence-electron chi connectivity index (χ4n) is 3.22. The Labute approximate surface area is 123 Å². The first-order valence-corrected chi connectivity index (χ1v) is 7.31. The van der Waals surface area contributed by atoms with Crippen LogP contribution in [0.3, 0.4) is 0 Å². The Kier molecular flexibility index (Phi) is 2.89. The van der Waals surface area contributed by atoms with Gasteiger partial charge in [-0.05, 0) is 17.2 Å². The van der Waals surface area contributed by atoms with E-state index in [2.05, 4.69) is 21.6 Å². The number of carbonyl (C=O) groups is 1. The first-order chi connectivity index (χ1) is 10.3. The van der Waals surface area contributed by atoms with Crippen molar-refractivity contribution in [2.45, 2.75) is 6.17 Å². The summed E-state index contributed by atoms with van der Waals surface area (Å²) in [5.74, 6) is 0.0226. The van der Waals surface area contributed by atoms with E-state index in [1.807, 2.05) is 42.5 Å². The van der Waals surface area contributed by atoms with Gasteiger partial charge in [0.1, 0.15) is 6.17 Å². The van der Waals surface area contributed by atoms with E-state index in [9.17, 15) is 4.79 Å². The topological polar surface area (TPSA) is 44.4 Å². The number of rotatable bonds is 1. The summed E-state index contributed by atoms with van der Waals surface area (Å²) < 4.78 is 0. The highest BCUT2D eigenvalue weighted by molar-refractivity contribution is 6.07. The van der Waals surface area contributed by atoms with E-state index < -0.39 is 0 Å². The molecule has 2 aromatic carbocycles. The molecule has 1 saturated heterocycles. The van der Waals surface area contributed by atoms with Crippen LogP contribution in [0, 0.1) is 0 Å². The third-order valence-electron chi connectivity index (χ3n) is 4.20. The molecule has 2 aliphatic heterocycles. The zero-order chi connectivity index (χ0) is 14.2. The smallest absolute Gasteiger partial charge is 0.255 e. The number of hydrogen-bond donors (Lipinski definition) is 2. The first-order valence-electron chi connectivity index (χ1n) is 7.31. The third kappa shape index (κ3) is 1.99. The molecule has 0 aromatic heterocycles. The largest absolute Gasteiger partial charge is 0.348 e. The second kappa shape index (κ2) is 4.90. The molecule has 1 atom stereocenters. The number of amides is 1. The summed E-state index contributed by atoms with van der Waals surface area (Å²) in [7, 11) is 0. The van der Waals surface area contributed by atoms with Crippen LogP contribution >= 0.6 is 0 Å². The molecule has 4 nitrogen and oxygen atoms in total. The van der Waals surface area contributed by atoms with E-state index >= 15 is 0 Å². The maximum Gasteiger partial charge on any atom is 0.255 e. The second-order valence-corrected chi connectivity index (χ2v) is 5.45. The maximum atomic E-state index is 12.6. The summed E-state index contributed by atoms with van der Waals surface area (Å²) in [6.07, 6.45) is 0.0600. The lowest BCUT2D eigenvalue weighted by molar-refractivity contribution is 0.0923. The van der Waals surface area contributed by atoms with Gasteiger partial charge in [0, 0.05) is 19.6 Å². The Bertz CT molecular complexity index is 684. The maximum absolute atomic E-state index is 12.6. The van der Waals surface area contributed by atoms with Gasteiger partial charge < -0.3 is 15.5 Å². The molecule has 2 aromatic rings. The first kappa shape index (κ1) is 12.4. The standard InChI is InChI=1S/C17H17N3O/c21-17-16-13(12-5-2-1-3-6-12)7-4-8-14(16)20-10-9-18-11-15(20)19-17/h1-8,15,18H,9-11H2,(H,19,21). The Morgan fingerprint density at radius 3 is 2.76 bits per heavy atom. The Morgan fingerprint density at radius 1 is 1.05 bits per heavy atom. The minimum Gasteiger partial charge on any atom is -0.348 e. The molecule has 0 saturated carbocycles. The minimum absolute atomic E-state index is 0.0226. The number of anilines is 1. The van der Waals surface area contributed by atoms with Gasteiger partial charge in [0.2, 0.25) is 0 Å². The van der Waals surface area contributed by atoms with Gasteiger partial charge in [-0.2, -0.15) is 0 Å². The van der Waals surface area contributed by atoms with Crippen LogP contribution in [0.2, 0.25) is 0 Å². The van der Waals surface area contributed by atoms with Crippen molar-refractivity contribution in [2.75, 3.05) is 24.5 Å². The minimum atomic E-state index is 0.0226. The van der Waals surface area contributed by atoms with Gasteiger partial charge >= 0.3 is 0 Å². The van der Waals surface area contributed by atoms with Gasteiger partial charge in [0.25, 0.3) is 5.91 Å². The lowest BCUT2D eigenvalue weighted by Crippen LogP contribution is -2.62. The molecule has 1 unspecified atom stereocenters. The molecule has 0 spiro atoms. The van der Waals surface area contributed by atoms with Crippen LogP contribution in [0.25, 0.3) is 11.1 Å². The zero-order valence-electron chi connectivity index (χ0n) is 11.7. The summed E-state index contributed by atoms with van der Waals surface area (Å²) in [6, 6.07) is 16.2. The molecule has 2 N–H and O–H groups in total. The second-order valence-electron chi connectivity index (χ2n) is 5.45. The molecule has 0 aliphatic carbocycles. The molecule has 1 fully saturated rings. The molecule has 0 radical (unpaired) electrons. The predicted molar refractivity (Wildman–Crippen MR) is 83.3 cm³/mol. The van der Waals surface area contributed by atoms with E-state index in [-0.39, 0.29) is 12.1 Å². The Morgan fingerprint density at radius 2 is 1.90 bits per heavy atom. The summed E-state index contributed by atoms with van der Waals surface area (Å²) in [5, 5.41) is 6.43. The molecule has 2 aliphatic rings. The van der Waals surface area contributed by atoms with E-state index in [4.69, 9.17) is 0 Å². The summed E-state index contributed by atoms with van der Waals surface area (Å²) in [4.78, 5) is 14.9. The molecule has 4 rings (SSSR count). The van der Waals surface area contributed by atoms with E-state index in [1.54, 1.807) is 0 Å². The lowest BCUT2D eigenvalue weighted by Gasteiger charge is -2.42. The Hall–Kier alpha value is -2.33. The van der Waals surface area contributed by atoms with E-state index in [0.717, 1.165) is 42.0 Å². The van der Waals surface area contributed by atoms with Crippen molar-refractivity contribution in [3.8, 4) is 11.1 Å². The van der Waals surface area contributed by atoms with Crippen LogP contribution in [0.1, 0.15) is 10.4 Å². The van der Waals surface area contributed by atoms with Crippen molar-refractivity contribution in [3.63, 3.8) is 0 Å². The van der Waals surface area contributed by atoms with Crippen molar-refractivity contribution < 1.29 is 4.79 Å². The van der Waals surface area contributed by atoms with Crippen LogP contribution in [-0.4, -0.2) is 31.7 Å². The average Bonchev–Trinajstić information content (AvgIpc) is 2.55. The normalized spacial score (nSPS) is 20.5. The molecule has 4 heteroatoms. The van der Waals surface area contributed by atoms with Crippen LogP contribution in [0.4, 0.5) is 5.69 Å². The fourth-order valence-corrected chi connectivity index (χ4v) is 3.22. The molecular weight excluding hydrogens is 262 g/mol. The van der Waals surface area contributed by atoms with Gasteiger partial charge in [0.05, 0.1) is 11.3 Å². The molecule has 2 heterocycles. The monoisotopic (exact) mass is 279 g/mol. The fraction of sp³-hybridized carbons (Fsp3) is 0.235. The molecule has 106 valence electrons. The molecular formula is C17H17N3O. The van der Waals surface area contributed by atoms with Gasteiger partial charge in [-0.3, -0.25) is 4.79 Å². The highest BCUT2D eigenvalue weighted by Crippen LogP contribution is 2.34. The van der Waals surface area contributed by atoms with Crippen LogP contribution < -0.4 is 15.5 Å². The van der Waals surface area contributed by atoms with Gasteiger partial charge in [-0.1, -0.05) is 42.5 Å². The number of hydrogen-bond acceptors (Lipinski definition) is 3. The van der Waals surface area contributed by atoms with Crippen molar-refractivity contribution in [2.24, 2.45) is 0 Å². The van der Waals surface area contributed by atoms with Crippen LogP contribution in [0.15, 0.2) is 48.5 Å². The van der Waals surface area contributed by atoms with Crippen LogP contribution in [-0.2, 0) is 0 Å². The van der Waals surface area contributed by atoms with Crippen molar-refractivity contribution >= 4 is 11.6 Å². The number of benzene rings is 2. The third-order valence-corrected chi connectivity index (χ3v) is 4.20. The van der Waals surface area contributed by atoms with Gasteiger partial charge in [-0.15, -0.1) is 0 Å². The van der Waals surface area contributed by atoms with Crippen molar-refractivity contribution in [1.29, 1.82) is 0 Å². The van der Waals surface area contributed by atoms with E-state index in [1.165, 1.54) is 0 Å². The SMILES string of the molecule is O=C1NC2CNCCN2c2cccc(-c3ccccc3)c21. The number of nitrogens with one attached hydrogen (secondary N) is 2. The Balaban J connectivity index is 1.88. The van der Waals surface area contributed by atoms with Crippen molar-refractivity contribution in [1.82, 2.24) is 10.6 Å². The average molecular weight is 279 g/mol. The van der Waals surface area contributed by atoms with Crippen LogP contribution in [0.5, 0.6) is 0 Å². The van der Waals surface area contributed by atoms with Gasteiger partial charge in [-0.25, -0.2) is 0 Å². The van der Waals surface area contributed by atoms with Crippen molar-refractivity contribution in [3.05, 3.63) is 54.1 Å².